The highest BCUT2D eigenvalue weighted by molar-refractivity contribution is 6.31. The van der Waals surface area contributed by atoms with Gasteiger partial charge in [-0.15, -0.1) is 0 Å². The van der Waals surface area contributed by atoms with Crippen LogP contribution in [0.15, 0.2) is 42.5 Å². The number of amides is 2. The van der Waals surface area contributed by atoms with Crippen LogP contribution >= 0.6 is 11.6 Å². The number of hydrogen-bond acceptors (Lipinski definition) is 4. The van der Waals surface area contributed by atoms with Crippen LogP contribution in [0.4, 0.5) is 5.69 Å². The summed E-state index contributed by atoms with van der Waals surface area (Å²) in [7, 11) is 0. The van der Waals surface area contributed by atoms with Crippen molar-refractivity contribution in [3.8, 4) is 5.75 Å². The van der Waals surface area contributed by atoms with E-state index >= 15 is 0 Å². The Morgan fingerprint density at radius 2 is 1.88 bits per heavy atom. The van der Waals surface area contributed by atoms with Gasteiger partial charge in [0.2, 0.25) is 11.8 Å². The Balaban J connectivity index is 1.32. The van der Waals surface area contributed by atoms with Crippen LogP contribution in [0.3, 0.4) is 0 Å². The average molecular weight is 458 g/mol. The molecule has 0 radical (unpaired) electrons. The van der Waals surface area contributed by atoms with Gasteiger partial charge in [0, 0.05) is 29.6 Å². The number of likely N-dealkylation sites (tertiary alicyclic amines) is 1. The van der Waals surface area contributed by atoms with E-state index in [1.54, 1.807) is 0 Å². The summed E-state index contributed by atoms with van der Waals surface area (Å²) in [4.78, 5) is 25.8. The van der Waals surface area contributed by atoms with E-state index in [2.05, 4.69) is 22.3 Å². The summed E-state index contributed by atoms with van der Waals surface area (Å²) >= 11 is 6.01. The lowest BCUT2D eigenvalue weighted by atomic mass is 9.96. The van der Waals surface area contributed by atoms with Gasteiger partial charge >= 0.3 is 0 Å². The Morgan fingerprint density at radius 1 is 1.16 bits per heavy atom. The molecule has 0 aliphatic carbocycles. The molecule has 7 heteroatoms. The molecule has 0 aromatic heterocycles. The standard InChI is InChI=1S/C25H32ClN3O3/c1-18-17-22(8-9-23(18)26)32-16-2-3-24(30)28-21-6-4-19(5-7-21)10-13-29-14-11-20(12-15-29)25(27)31/h4-9,17,20H,2-3,10-16H2,1H3,(H2,27,31)(H,28,30). The van der Waals surface area contributed by atoms with Crippen LogP contribution in [0.1, 0.15) is 36.8 Å². The summed E-state index contributed by atoms with van der Waals surface area (Å²) in [5, 5.41) is 3.65. The fourth-order valence-corrected chi connectivity index (χ4v) is 3.95. The Labute approximate surface area is 195 Å². The van der Waals surface area contributed by atoms with E-state index in [1.807, 2.05) is 37.3 Å². The topological polar surface area (TPSA) is 84.7 Å². The Kier molecular flexibility index (Phi) is 8.94. The third-order valence-electron chi connectivity index (χ3n) is 5.89. The first-order valence-electron chi connectivity index (χ1n) is 11.2. The van der Waals surface area contributed by atoms with Gasteiger partial charge in [0.1, 0.15) is 5.75 Å². The first-order valence-corrected chi connectivity index (χ1v) is 11.6. The maximum Gasteiger partial charge on any atom is 0.224 e. The van der Waals surface area contributed by atoms with Gasteiger partial charge in [-0.2, -0.15) is 0 Å². The van der Waals surface area contributed by atoms with Gasteiger partial charge in [0.15, 0.2) is 0 Å². The summed E-state index contributed by atoms with van der Waals surface area (Å²) in [5.41, 5.74) is 8.40. The summed E-state index contributed by atoms with van der Waals surface area (Å²) in [5.74, 6) is 0.597. The molecule has 0 unspecified atom stereocenters. The normalized spacial score (nSPS) is 14.8. The molecule has 32 heavy (non-hydrogen) atoms. The van der Waals surface area contributed by atoms with Crippen molar-refractivity contribution < 1.29 is 14.3 Å². The number of rotatable bonds is 10. The van der Waals surface area contributed by atoms with E-state index in [-0.39, 0.29) is 17.7 Å². The average Bonchev–Trinajstić information content (AvgIpc) is 2.79. The number of benzene rings is 2. The first-order chi connectivity index (χ1) is 15.4. The summed E-state index contributed by atoms with van der Waals surface area (Å²) in [6.07, 6.45) is 3.68. The fourth-order valence-electron chi connectivity index (χ4n) is 3.84. The van der Waals surface area contributed by atoms with Gasteiger partial charge in [0.25, 0.3) is 0 Å². The summed E-state index contributed by atoms with van der Waals surface area (Å²) in [6, 6.07) is 13.5. The van der Waals surface area contributed by atoms with Crippen LogP contribution in [-0.4, -0.2) is 43.0 Å². The molecule has 2 aromatic rings. The van der Waals surface area contributed by atoms with E-state index in [1.165, 1.54) is 5.56 Å². The molecule has 3 rings (SSSR count). The maximum absolute atomic E-state index is 12.2. The largest absolute Gasteiger partial charge is 0.494 e. The number of nitrogens with one attached hydrogen (secondary N) is 1. The quantitative estimate of drug-likeness (QED) is 0.524. The second-order valence-corrected chi connectivity index (χ2v) is 8.78. The van der Waals surface area contributed by atoms with E-state index < -0.39 is 0 Å². The Morgan fingerprint density at radius 3 is 2.53 bits per heavy atom. The number of hydrogen-bond donors (Lipinski definition) is 2. The van der Waals surface area contributed by atoms with Gasteiger partial charge < -0.3 is 20.7 Å². The second kappa shape index (κ2) is 11.9. The highest BCUT2D eigenvalue weighted by Gasteiger charge is 2.22. The second-order valence-electron chi connectivity index (χ2n) is 8.38. The van der Waals surface area contributed by atoms with Crippen molar-refractivity contribution in [2.45, 2.75) is 39.0 Å². The number of carbonyl (C=O) groups is 2. The number of aryl methyl sites for hydroxylation is 1. The molecule has 1 heterocycles. The molecule has 0 atom stereocenters. The highest BCUT2D eigenvalue weighted by Crippen LogP contribution is 2.21. The summed E-state index contributed by atoms with van der Waals surface area (Å²) < 4.78 is 5.69. The lowest BCUT2D eigenvalue weighted by Gasteiger charge is -2.30. The zero-order valence-corrected chi connectivity index (χ0v) is 19.4. The lowest BCUT2D eigenvalue weighted by molar-refractivity contribution is -0.123. The first kappa shape index (κ1) is 24.1. The Bertz CT molecular complexity index is 909. The minimum absolute atomic E-state index is 0.0223. The minimum Gasteiger partial charge on any atom is -0.494 e. The number of piperidine rings is 1. The number of nitrogens with zero attached hydrogens (tertiary/aromatic N) is 1. The number of carbonyl (C=O) groups excluding carboxylic acids is 2. The number of ether oxygens (including phenoxy) is 1. The van der Waals surface area contributed by atoms with Crippen molar-refractivity contribution in [3.63, 3.8) is 0 Å². The zero-order chi connectivity index (χ0) is 22.9. The van der Waals surface area contributed by atoms with Gasteiger partial charge in [-0.3, -0.25) is 9.59 Å². The molecule has 1 saturated heterocycles. The monoisotopic (exact) mass is 457 g/mol. The van der Waals surface area contributed by atoms with Crippen molar-refractivity contribution in [2.75, 3.05) is 31.6 Å². The van der Waals surface area contributed by atoms with Crippen molar-refractivity contribution in [1.29, 1.82) is 0 Å². The predicted octanol–water partition coefficient (Wildman–Crippen LogP) is 4.19. The lowest BCUT2D eigenvalue weighted by Crippen LogP contribution is -2.39. The molecule has 6 nitrogen and oxygen atoms in total. The molecule has 0 bridgehead atoms. The maximum atomic E-state index is 12.2. The fraction of sp³-hybridized carbons (Fsp3) is 0.440. The molecule has 172 valence electrons. The van der Waals surface area contributed by atoms with Crippen molar-refractivity contribution in [1.82, 2.24) is 4.90 Å². The van der Waals surface area contributed by atoms with E-state index in [4.69, 9.17) is 22.1 Å². The van der Waals surface area contributed by atoms with Crippen LogP contribution < -0.4 is 15.8 Å². The third-order valence-corrected chi connectivity index (χ3v) is 6.31. The molecule has 0 saturated carbocycles. The third kappa shape index (κ3) is 7.53. The van der Waals surface area contributed by atoms with Crippen molar-refractivity contribution in [3.05, 3.63) is 58.6 Å². The predicted molar refractivity (Wildman–Crippen MR) is 128 cm³/mol. The Hall–Kier alpha value is -2.57. The molecule has 2 amide bonds. The van der Waals surface area contributed by atoms with Crippen LogP contribution in [0.5, 0.6) is 5.75 Å². The van der Waals surface area contributed by atoms with Crippen molar-refractivity contribution >= 4 is 29.1 Å². The molecule has 1 aliphatic rings. The molecular weight excluding hydrogens is 426 g/mol. The zero-order valence-electron chi connectivity index (χ0n) is 18.6. The highest BCUT2D eigenvalue weighted by atomic mass is 35.5. The number of halogens is 1. The van der Waals surface area contributed by atoms with Crippen LogP contribution in [0.2, 0.25) is 5.02 Å². The molecule has 3 N–H and O–H groups in total. The molecule has 0 spiro atoms. The van der Waals surface area contributed by atoms with E-state index in [0.29, 0.717) is 24.5 Å². The number of anilines is 1. The summed E-state index contributed by atoms with van der Waals surface area (Å²) in [6.45, 7) is 5.21. The SMILES string of the molecule is Cc1cc(OCCCC(=O)Nc2ccc(CCN3CCC(C(N)=O)CC3)cc2)ccc1Cl. The number of primary amides is 1. The van der Waals surface area contributed by atoms with Gasteiger partial charge in [-0.1, -0.05) is 23.7 Å². The van der Waals surface area contributed by atoms with E-state index in [9.17, 15) is 9.59 Å². The van der Waals surface area contributed by atoms with Gasteiger partial charge in [0.05, 0.1) is 6.61 Å². The van der Waals surface area contributed by atoms with Crippen LogP contribution in [0, 0.1) is 12.8 Å². The van der Waals surface area contributed by atoms with Crippen LogP contribution in [-0.2, 0) is 16.0 Å². The minimum atomic E-state index is -0.175. The van der Waals surface area contributed by atoms with Gasteiger partial charge in [-0.05, 0) is 87.2 Å². The number of nitrogens with two attached hydrogens (primary N) is 1. The molecule has 1 aliphatic heterocycles. The van der Waals surface area contributed by atoms with Crippen LogP contribution in [0.25, 0.3) is 0 Å². The molecular formula is C25H32ClN3O3. The van der Waals surface area contributed by atoms with E-state index in [0.717, 1.165) is 55.9 Å². The van der Waals surface area contributed by atoms with Gasteiger partial charge in [-0.25, -0.2) is 0 Å². The molecule has 2 aromatic carbocycles. The smallest absolute Gasteiger partial charge is 0.224 e. The molecule has 1 fully saturated rings. The van der Waals surface area contributed by atoms with Crippen molar-refractivity contribution in [2.24, 2.45) is 11.7 Å².